The van der Waals surface area contributed by atoms with Crippen molar-refractivity contribution in [2.45, 2.75) is 25.3 Å². The van der Waals surface area contributed by atoms with Gasteiger partial charge in [-0.2, -0.15) is 5.10 Å². The first-order valence-corrected chi connectivity index (χ1v) is 11.5. The molecular formula is C27H26N6. The summed E-state index contributed by atoms with van der Waals surface area (Å²) in [6, 6.07) is 15.3. The molecule has 1 saturated heterocycles. The normalized spacial score (nSPS) is 14.7. The van der Waals surface area contributed by atoms with Gasteiger partial charge in [0.25, 0.3) is 0 Å². The lowest BCUT2D eigenvalue weighted by Crippen LogP contribution is -2.26. The van der Waals surface area contributed by atoms with E-state index in [-0.39, 0.29) is 0 Å². The third-order valence-corrected chi connectivity index (χ3v) is 6.60. The second-order valence-corrected chi connectivity index (χ2v) is 8.76. The number of nitrogens with one attached hydrogen (secondary N) is 2. The molecule has 33 heavy (non-hydrogen) atoms. The summed E-state index contributed by atoms with van der Waals surface area (Å²) >= 11 is 0. The van der Waals surface area contributed by atoms with Crippen molar-refractivity contribution >= 4 is 11.0 Å². The largest absolute Gasteiger partial charge is 0.346 e. The molecule has 6 heteroatoms. The van der Waals surface area contributed by atoms with Crippen molar-refractivity contribution in [2.75, 3.05) is 13.1 Å². The molecule has 2 N–H and O–H groups in total. The summed E-state index contributed by atoms with van der Waals surface area (Å²) in [5, 5.41) is 9.11. The van der Waals surface area contributed by atoms with Crippen LogP contribution >= 0.6 is 0 Å². The van der Waals surface area contributed by atoms with Crippen LogP contribution in [0.5, 0.6) is 0 Å². The molecule has 5 heterocycles. The summed E-state index contributed by atoms with van der Waals surface area (Å²) in [6.07, 6.45) is 14.1. The average molecular weight is 435 g/mol. The molecule has 1 aliphatic rings. The van der Waals surface area contributed by atoms with E-state index in [2.05, 4.69) is 63.0 Å². The highest BCUT2D eigenvalue weighted by Gasteiger charge is 2.15. The predicted molar refractivity (Wildman–Crippen MR) is 131 cm³/mol. The second-order valence-electron chi connectivity index (χ2n) is 8.76. The molecule has 5 aromatic rings. The highest BCUT2D eigenvalue weighted by Crippen LogP contribution is 2.32. The van der Waals surface area contributed by atoms with E-state index in [9.17, 15) is 0 Å². The van der Waals surface area contributed by atoms with Crippen LogP contribution in [0.25, 0.3) is 33.3 Å². The molecule has 0 aliphatic carbocycles. The number of rotatable bonds is 5. The van der Waals surface area contributed by atoms with Crippen LogP contribution in [0.3, 0.4) is 0 Å². The van der Waals surface area contributed by atoms with Gasteiger partial charge in [0.1, 0.15) is 5.65 Å². The number of fused-ring (bicyclic) bond motifs is 1. The van der Waals surface area contributed by atoms with E-state index in [0.29, 0.717) is 12.5 Å². The minimum absolute atomic E-state index is 0.667. The van der Waals surface area contributed by atoms with E-state index in [1.165, 1.54) is 24.0 Å². The Hall–Kier alpha value is -3.77. The first-order valence-electron chi connectivity index (χ1n) is 11.5. The van der Waals surface area contributed by atoms with E-state index < -0.39 is 0 Å². The number of H-pyrrole nitrogens is 1. The molecule has 1 aliphatic heterocycles. The van der Waals surface area contributed by atoms with E-state index in [4.69, 9.17) is 4.98 Å². The van der Waals surface area contributed by atoms with Gasteiger partial charge in [-0.3, -0.25) is 9.67 Å². The van der Waals surface area contributed by atoms with Gasteiger partial charge in [-0.15, -0.1) is 0 Å². The third-order valence-electron chi connectivity index (χ3n) is 6.60. The van der Waals surface area contributed by atoms with Crippen LogP contribution in [-0.4, -0.2) is 37.8 Å². The first-order chi connectivity index (χ1) is 16.3. The zero-order chi connectivity index (χ0) is 22.0. The molecule has 6 nitrogen and oxygen atoms in total. The van der Waals surface area contributed by atoms with Gasteiger partial charge in [0.2, 0.25) is 0 Å². The summed E-state index contributed by atoms with van der Waals surface area (Å²) in [5.74, 6) is 0.667. The third kappa shape index (κ3) is 4.05. The summed E-state index contributed by atoms with van der Waals surface area (Å²) in [4.78, 5) is 12.2. The van der Waals surface area contributed by atoms with Gasteiger partial charge in [-0.05, 0) is 60.7 Å². The molecule has 164 valence electrons. The Morgan fingerprint density at radius 2 is 1.82 bits per heavy atom. The van der Waals surface area contributed by atoms with Crippen molar-refractivity contribution in [3.8, 4) is 22.3 Å². The smallest absolute Gasteiger partial charge is 0.137 e. The molecule has 1 fully saturated rings. The van der Waals surface area contributed by atoms with E-state index in [1.54, 1.807) is 6.20 Å². The Balaban J connectivity index is 1.28. The van der Waals surface area contributed by atoms with Gasteiger partial charge >= 0.3 is 0 Å². The van der Waals surface area contributed by atoms with Gasteiger partial charge in [0.05, 0.1) is 12.7 Å². The number of piperidine rings is 1. The maximum Gasteiger partial charge on any atom is 0.137 e. The van der Waals surface area contributed by atoms with Crippen LogP contribution in [0.15, 0.2) is 79.6 Å². The Morgan fingerprint density at radius 1 is 0.939 bits per heavy atom. The summed E-state index contributed by atoms with van der Waals surface area (Å²) < 4.78 is 1.95. The van der Waals surface area contributed by atoms with Crippen LogP contribution in [-0.2, 0) is 6.54 Å². The second kappa shape index (κ2) is 8.64. The van der Waals surface area contributed by atoms with Crippen molar-refractivity contribution in [3.63, 3.8) is 0 Å². The number of nitrogens with zero attached hydrogens (tertiary/aromatic N) is 4. The standard InChI is InChI=1S/C27H26N6/c1-2-19(13-29-9-1)17-33-18-24(15-32-33)26-16-31-27-25(26)12-23(14-30-27)21-5-3-20(4-6-21)22-7-10-28-11-8-22/h1-6,9,12-16,18,22,28H,7-8,10-11,17H2,(H,30,31). The fourth-order valence-electron chi connectivity index (χ4n) is 4.77. The molecule has 0 saturated carbocycles. The lowest BCUT2D eigenvalue weighted by atomic mass is 9.89. The van der Waals surface area contributed by atoms with Gasteiger partial charge in [-0.25, -0.2) is 4.98 Å². The molecule has 0 atom stereocenters. The fourth-order valence-corrected chi connectivity index (χ4v) is 4.77. The minimum atomic E-state index is 0.667. The highest BCUT2D eigenvalue weighted by molar-refractivity contribution is 5.95. The predicted octanol–water partition coefficient (Wildman–Crippen LogP) is 5.00. The highest BCUT2D eigenvalue weighted by atomic mass is 15.3. The molecule has 0 unspecified atom stereocenters. The number of hydrogen-bond donors (Lipinski definition) is 2. The van der Waals surface area contributed by atoms with Crippen LogP contribution < -0.4 is 5.32 Å². The monoisotopic (exact) mass is 434 g/mol. The molecule has 6 rings (SSSR count). The maximum atomic E-state index is 4.69. The van der Waals surface area contributed by atoms with Crippen molar-refractivity contribution in [1.29, 1.82) is 0 Å². The average Bonchev–Trinajstić information content (AvgIpc) is 3.52. The Labute approximate surface area is 192 Å². The van der Waals surface area contributed by atoms with Gasteiger partial charge in [-0.1, -0.05) is 30.3 Å². The van der Waals surface area contributed by atoms with Crippen LogP contribution in [0.4, 0.5) is 0 Å². The van der Waals surface area contributed by atoms with E-state index >= 15 is 0 Å². The lowest BCUT2D eigenvalue weighted by molar-refractivity contribution is 0.460. The van der Waals surface area contributed by atoms with Crippen molar-refractivity contribution in [1.82, 2.24) is 30.0 Å². The maximum absolute atomic E-state index is 4.69. The SMILES string of the molecule is c1cncc(Cn2cc(-c3c[nH]c4ncc(-c5ccc(C6CCNCC6)cc5)cc34)cn2)c1. The molecule has 0 bridgehead atoms. The quantitative estimate of drug-likeness (QED) is 0.408. The summed E-state index contributed by atoms with van der Waals surface area (Å²) in [5.41, 5.74) is 7.97. The van der Waals surface area contributed by atoms with E-state index in [1.807, 2.05) is 35.5 Å². The Kier molecular flexibility index (Phi) is 5.20. The zero-order valence-corrected chi connectivity index (χ0v) is 18.4. The van der Waals surface area contributed by atoms with Crippen LogP contribution in [0.1, 0.15) is 29.9 Å². The molecule has 4 aromatic heterocycles. The number of benzene rings is 1. The molecule has 0 radical (unpaired) electrons. The van der Waals surface area contributed by atoms with Crippen molar-refractivity contribution < 1.29 is 0 Å². The van der Waals surface area contributed by atoms with Crippen LogP contribution in [0.2, 0.25) is 0 Å². The summed E-state index contributed by atoms with van der Waals surface area (Å²) in [6.45, 7) is 2.92. The Bertz CT molecular complexity index is 1360. The molecule has 0 amide bonds. The number of aromatic nitrogens is 5. The number of aromatic amines is 1. The van der Waals surface area contributed by atoms with Gasteiger partial charge < -0.3 is 10.3 Å². The minimum Gasteiger partial charge on any atom is -0.346 e. The van der Waals surface area contributed by atoms with Crippen molar-refractivity contribution in [2.24, 2.45) is 0 Å². The zero-order valence-electron chi connectivity index (χ0n) is 18.4. The van der Waals surface area contributed by atoms with Crippen molar-refractivity contribution in [3.05, 3.63) is 90.8 Å². The topological polar surface area (TPSA) is 71.4 Å². The molecule has 1 aromatic carbocycles. The molecular weight excluding hydrogens is 408 g/mol. The van der Waals surface area contributed by atoms with Gasteiger partial charge in [0, 0.05) is 53.1 Å². The lowest BCUT2D eigenvalue weighted by Gasteiger charge is -2.23. The van der Waals surface area contributed by atoms with E-state index in [0.717, 1.165) is 46.4 Å². The summed E-state index contributed by atoms with van der Waals surface area (Å²) in [7, 11) is 0. The number of hydrogen-bond acceptors (Lipinski definition) is 4. The first kappa shape index (κ1) is 19.9. The fraction of sp³-hybridized carbons (Fsp3) is 0.222. The van der Waals surface area contributed by atoms with Gasteiger partial charge in [0.15, 0.2) is 0 Å². The molecule has 0 spiro atoms. The Morgan fingerprint density at radius 3 is 2.64 bits per heavy atom. The van der Waals surface area contributed by atoms with Crippen LogP contribution in [0, 0.1) is 0 Å². The number of pyridine rings is 2.